The Morgan fingerprint density at radius 2 is 0.622 bits per heavy atom. The Kier molecular flexibility index (Phi) is 3.66. The zero-order valence-corrected chi connectivity index (χ0v) is 21.2. The van der Waals surface area contributed by atoms with Gasteiger partial charge in [-0.2, -0.15) is 0 Å². The Labute approximate surface area is 217 Å². The zero-order chi connectivity index (χ0) is 24.4. The van der Waals surface area contributed by atoms with Gasteiger partial charge < -0.3 is 0 Å². The summed E-state index contributed by atoms with van der Waals surface area (Å²) in [5.41, 5.74) is 20.1. The predicted molar refractivity (Wildman–Crippen MR) is 156 cm³/mol. The first-order valence-corrected chi connectivity index (χ1v) is 13.5. The Hall–Kier alpha value is -4.16. The summed E-state index contributed by atoms with van der Waals surface area (Å²) in [6.07, 6.45) is 3.12. The molecule has 0 bridgehead atoms. The number of rotatable bonds is 0. The average Bonchev–Trinajstić information content (AvgIpc) is 3.52. The molecule has 3 aliphatic rings. The first kappa shape index (κ1) is 20.0. The van der Waals surface area contributed by atoms with Crippen LogP contribution in [0.5, 0.6) is 0 Å². The van der Waals surface area contributed by atoms with E-state index in [1.54, 1.807) is 0 Å². The van der Waals surface area contributed by atoms with Crippen LogP contribution < -0.4 is 0 Å². The first-order chi connectivity index (χ1) is 18.1. The van der Waals surface area contributed by atoms with Gasteiger partial charge in [-0.3, -0.25) is 0 Å². The molecular formula is C37H26. The fourth-order valence-electron chi connectivity index (χ4n) is 7.35. The first-order valence-electron chi connectivity index (χ1n) is 13.5. The number of fused-ring (bicyclic) bond motifs is 11. The number of benzene rings is 6. The Morgan fingerprint density at radius 1 is 0.324 bits per heavy atom. The predicted octanol–water partition coefficient (Wildman–Crippen LogP) is 9.32. The average molecular weight is 471 g/mol. The van der Waals surface area contributed by atoms with Crippen molar-refractivity contribution < 1.29 is 0 Å². The van der Waals surface area contributed by atoms with Crippen molar-refractivity contribution in [3.05, 3.63) is 129 Å². The summed E-state index contributed by atoms with van der Waals surface area (Å²) in [7, 11) is 0. The maximum atomic E-state index is 2.46. The van der Waals surface area contributed by atoms with E-state index >= 15 is 0 Å². The molecule has 9 rings (SSSR count). The van der Waals surface area contributed by atoms with E-state index in [4.69, 9.17) is 0 Å². The van der Waals surface area contributed by atoms with Crippen LogP contribution in [0.25, 0.3) is 54.9 Å². The van der Waals surface area contributed by atoms with Crippen molar-refractivity contribution in [1.82, 2.24) is 0 Å². The SMILES string of the molecule is Cc1ccc2c(c1)Cc1cc3cc4c(cc3cc1-2)Cc1cc2cc3c(cc2cc1-4)Cc1cc(C)ccc1-3. The molecule has 0 aromatic heterocycles. The van der Waals surface area contributed by atoms with Crippen LogP contribution >= 0.6 is 0 Å². The maximum absolute atomic E-state index is 2.46. The van der Waals surface area contributed by atoms with Crippen LogP contribution in [0, 0.1) is 13.8 Å². The van der Waals surface area contributed by atoms with Gasteiger partial charge in [0.1, 0.15) is 0 Å². The highest BCUT2D eigenvalue weighted by Gasteiger charge is 2.24. The quantitative estimate of drug-likeness (QED) is 0.207. The van der Waals surface area contributed by atoms with Crippen LogP contribution in [-0.4, -0.2) is 0 Å². The molecule has 174 valence electrons. The lowest BCUT2D eigenvalue weighted by Gasteiger charge is -2.10. The second-order valence-corrected chi connectivity index (χ2v) is 11.6. The second-order valence-electron chi connectivity index (χ2n) is 11.6. The van der Waals surface area contributed by atoms with Crippen molar-refractivity contribution in [3.63, 3.8) is 0 Å². The van der Waals surface area contributed by atoms with Crippen molar-refractivity contribution in [2.45, 2.75) is 33.1 Å². The van der Waals surface area contributed by atoms with Crippen LogP contribution in [-0.2, 0) is 19.3 Å². The van der Waals surface area contributed by atoms with Gasteiger partial charge in [-0.1, -0.05) is 71.8 Å². The number of hydrogen-bond acceptors (Lipinski definition) is 0. The van der Waals surface area contributed by atoms with E-state index in [1.165, 1.54) is 99.4 Å². The standard InChI is InChI=1S/C37H26/c1-20-3-5-32-26(7-20)13-28-9-24-18-36-30(11-22(24)16-34(28)32)15-31-12-23-17-35-29(10-25(23)19-37(31)36)14-27-8-21(2)4-6-33(27)35/h3-12,16-19H,13-15H2,1-2H3. The molecule has 0 heteroatoms. The highest BCUT2D eigenvalue weighted by molar-refractivity contribution is 6.00. The molecule has 0 radical (unpaired) electrons. The van der Waals surface area contributed by atoms with E-state index in [9.17, 15) is 0 Å². The summed E-state index contributed by atoms with van der Waals surface area (Å²) >= 11 is 0. The zero-order valence-electron chi connectivity index (χ0n) is 21.2. The molecular weight excluding hydrogens is 444 g/mol. The maximum Gasteiger partial charge on any atom is -0.00130 e. The van der Waals surface area contributed by atoms with Crippen LogP contribution in [0.15, 0.2) is 84.9 Å². The van der Waals surface area contributed by atoms with Gasteiger partial charge in [-0.05, 0) is 146 Å². The van der Waals surface area contributed by atoms with E-state index in [0.717, 1.165) is 19.3 Å². The fraction of sp³-hybridized carbons (Fsp3) is 0.135. The van der Waals surface area contributed by atoms with Crippen LogP contribution in [0.4, 0.5) is 0 Å². The molecule has 0 saturated carbocycles. The Balaban J connectivity index is 1.18. The molecule has 37 heavy (non-hydrogen) atoms. The third kappa shape index (κ3) is 2.73. The molecule has 0 nitrogen and oxygen atoms in total. The van der Waals surface area contributed by atoms with Gasteiger partial charge >= 0.3 is 0 Å². The van der Waals surface area contributed by atoms with E-state index < -0.39 is 0 Å². The van der Waals surface area contributed by atoms with Gasteiger partial charge in [-0.15, -0.1) is 0 Å². The van der Waals surface area contributed by atoms with Gasteiger partial charge in [0.25, 0.3) is 0 Å². The van der Waals surface area contributed by atoms with Gasteiger partial charge in [0.2, 0.25) is 0 Å². The normalized spacial score (nSPS) is 13.9. The van der Waals surface area contributed by atoms with Crippen molar-refractivity contribution in [2.24, 2.45) is 0 Å². The van der Waals surface area contributed by atoms with Crippen LogP contribution in [0.1, 0.15) is 44.5 Å². The van der Waals surface area contributed by atoms with Crippen molar-refractivity contribution in [2.75, 3.05) is 0 Å². The van der Waals surface area contributed by atoms with Gasteiger partial charge in [0.15, 0.2) is 0 Å². The molecule has 0 aliphatic heterocycles. The highest BCUT2D eigenvalue weighted by atomic mass is 14.3. The van der Waals surface area contributed by atoms with Crippen molar-refractivity contribution in [3.8, 4) is 33.4 Å². The molecule has 0 saturated heterocycles. The fourth-order valence-corrected chi connectivity index (χ4v) is 7.35. The van der Waals surface area contributed by atoms with Gasteiger partial charge in [-0.25, -0.2) is 0 Å². The lowest BCUT2D eigenvalue weighted by Crippen LogP contribution is -1.86. The Morgan fingerprint density at radius 3 is 0.973 bits per heavy atom. The Bertz CT molecular complexity index is 1870. The third-order valence-electron chi connectivity index (χ3n) is 9.10. The summed E-state index contributed by atoms with van der Waals surface area (Å²) in [4.78, 5) is 0. The molecule has 3 aliphatic carbocycles. The smallest absolute Gasteiger partial charge is 0.00130 e. The van der Waals surface area contributed by atoms with Crippen molar-refractivity contribution >= 4 is 21.5 Å². The minimum Gasteiger partial charge on any atom is -0.0587 e. The summed E-state index contributed by atoms with van der Waals surface area (Å²) in [5.74, 6) is 0. The molecule has 0 spiro atoms. The van der Waals surface area contributed by atoms with Crippen LogP contribution in [0.3, 0.4) is 0 Å². The summed E-state index contributed by atoms with van der Waals surface area (Å²) < 4.78 is 0. The lowest BCUT2D eigenvalue weighted by atomic mass is 9.94. The molecule has 0 atom stereocenters. The molecule has 0 fully saturated rings. The number of aryl methyl sites for hydroxylation is 2. The van der Waals surface area contributed by atoms with Gasteiger partial charge in [0, 0.05) is 0 Å². The minimum absolute atomic E-state index is 1.02. The third-order valence-corrected chi connectivity index (χ3v) is 9.10. The number of hydrogen-bond donors (Lipinski definition) is 0. The second kappa shape index (κ2) is 6.78. The minimum atomic E-state index is 1.02. The molecule has 0 unspecified atom stereocenters. The van der Waals surface area contributed by atoms with E-state index in [0.29, 0.717) is 0 Å². The van der Waals surface area contributed by atoms with Crippen molar-refractivity contribution in [1.29, 1.82) is 0 Å². The highest BCUT2D eigenvalue weighted by Crippen LogP contribution is 2.46. The monoisotopic (exact) mass is 470 g/mol. The largest absolute Gasteiger partial charge is 0.0587 e. The van der Waals surface area contributed by atoms with Crippen LogP contribution in [0.2, 0.25) is 0 Å². The summed E-state index contributed by atoms with van der Waals surface area (Å²) in [6.45, 7) is 4.39. The van der Waals surface area contributed by atoms with E-state index in [1.807, 2.05) is 0 Å². The topological polar surface area (TPSA) is 0 Å². The molecule has 0 N–H and O–H groups in total. The van der Waals surface area contributed by atoms with Gasteiger partial charge in [0.05, 0.1) is 0 Å². The molecule has 6 aromatic carbocycles. The molecule has 6 aromatic rings. The van der Waals surface area contributed by atoms with E-state index in [2.05, 4.69) is 98.8 Å². The summed E-state index contributed by atoms with van der Waals surface area (Å²) in [5, 5.41) is 5.48. The molecule has 0 heterocycles. The summed E-state index contributed by atoms with van der Waals surface area (Å²) in [6, 6.07) is 33.5. The molecule has 0 amide bonds. The van der Waals surface area contributed by atoms with E-state index in [-0.39, 0.29) is 0 Å². The lowest BCUT2D eigenvalue weighted by molar-refractivity contribution is 1.25.